The SMILES string of the molecule is Nc1c[nH]c(C(=O)NCC2Cc3ccccc32)c1. The Balaban J connectivity index is 1.59. The fourth-order valence-corrected chi connectivity index (χ4v) is 2.40. The lowest BCUT2D eigenvalue weighted by Gasteiger charge is -2.30. The minimum absolute atomic E-state index is 0.101. The molecule has 4 heteroatoms. The summed E-state index contributed by atoms with van der Waals surface area (Å²) in [7, 11) is 0. The van der Waals surface area contributed by atoms with Crippen molar-refractivity contribution in [2.75, 3.05) is 12.3 Å². The first-order chi connectivity index (χ1) is 8.74. The molecule has 0 spiro atoms. The van der Waals surface area contributed by atoms with Gasteiger partial charge in [-0.15, -0.1) is 0 Å². The molecule has 0 aliphatic heterocycles. The van der Waals surface area contributed by atoms with Gasteiger partial charge in [-0.3, -0.25) is 4.79 Å². The molecule has 1 aliphatic carbocycles. The molecule has 2 aromatic rings. The maximum Gasteiger partial charge on any atom is 0.267 e. The van der Waals surface area contributed by atoms with E-state index in [4.69, 9.17) is 5.73 Å². The Morgan fingerprint density at radius 3 is 3.00 bits per heavy atom. The summed E-state index contributed by atoms with van der Waals surface area (Å²) in [5, 5.41) is 2.93. The number of aromatic nitrogens is 1. The third-order valence-electron chi connectivity index (χ3n) is 3.42. The third-order valence-corrected chi connectivity index (χ3v) is 3.42. The van der Waals surface area contributed by atoms with Gasteiger partial charge in [-0.05, 0) is 23.6 Å². The highest BCUT2D eigenvalue weighted by molar-refractivity contribution is 5.93. The summed E-state index contributed by atoms with van der Waals surface area (Å²) < 4.78 is 0. The lowest BCUT2D eigenvalue weighted by atomic mass is 9.77. The number of nitrogen functional groups attached to an aromatic ring is 1. The predicted molar refractivity (Wildman–Crippen MR) is 70.4 cm³/mol. The maximum absolute atomic E-state index is 11.8. The quantitative estimate of drug-likeness (QED) is 0.765. The normalized spacial score (nSPS) is 16.8. The number of carbonyl (C=O) groups excluding carboxylic acids is 1. The first-order valence-electron chi connectivity index (χ1n) is 6.04. The van der Waals surface area contributed by atoms with E-state index in [1.54, 1.807) is 12.3 Å². The van der Waals surface area contributed by atoms with Gasteiger partial charge in [0.05, 0.1) is 0 Å². The van der Waals surface area contributed by atoms with Gasteiger partial charge in [0.15, 0.2) is 0 Å². The van der Waals surface area contributed by atoms with E-state index in [0.717, 1.165) is 6.42 Å². The van der Waals surface area contributed by atoms with Crippen LogP contribution in [0.5, 0.6) is 0 Å². The Hall–Kier alpha value is -2.23. The van der Waals surface area contributed by atoms with E-state index in [1.807, 2.05) is 6.07 Å². The average Bonchev–Trinajstić information content (AvgIpc) is 2.77. The summed E-state index contributed by atoms with van der Waals surface area (Å²) in [6.07, 6.45) is 2.66. The van der Waals surface area contributed by atoms with E-state index in [2.05, 4.69) is 28.5 Å². The molecule has 0 saturated carbocycles. The topological polar surface area (TPSA) is 70.9 Å². The van der Waals surface area contributed by atoms with Crippen LogP contribution in [0.15, 0.2) is 36.5 Å². The van der Waals surface area contributed by atoms with Crippen molar-refractivity contribution in [2.45, 2.75) is 12.3 Å². The Morgan fingerprint density at radius 2 is 2.28 bits per heavy atom. The van der Waals surface area contributed by atoms with Crippen molar-refractivity contribution in [3.63, 3.8) is 0 Å². The van der Waals surface area contributed by atoms with Gasteiger partial charge in [-0.25, -0.2) is 0 Å². The molecule has 0 bridgehead atoms. The maximum atomic E-state index is 11.8. The van der Waals surface area contributed by atoms with Gasteiger partial charge in [0.1, 0.15) is 5.69 Å². The molecule has 4 nitrogen and oxygen atoms in total. The molecule has 18 heavy (non-hydrogen) atoms. The monoisotopic (exact) mass is 241 g/mol. The van der Waals surface area contributed by atoms with Crippen LogP contribution in [0.25, 0.3) is 0 Å². The largest absolute Gasteiger partial charge is 0.397 e. The van der Waals surface area contributed by atoms with Crippen molar-refractivity contribution in [3.05, 3.63) is 53.3 Å². The average molecular weight is 241 g/mol. The van der Waals surface area contributed by atoms with Gasteiger partial charge in [-0.1, -0.05) is 24.3 Å². The summed E-state index contributed by atoms with van der Waals surface area (Å²) >= 11 is 0. The fourth-order valence-electron chi connectivity index (χ4n) is 2.40. The number of hydrogen-bond donors (Lipinski definition) is 3. The van der Waals surface area contributed by atoms with Crippen molar-refractivity contribution in [1.29, 1.82) is 0 Å². The molecule has 0 saturated heterocycles. The van der Waals surface area contributed by atoms with Crippen molar-refractivity contribution in [1.82, 2.24) is 10.3 Å². The molecule has 1 atom stereocenters. The Kier molecular flexibility index (Phi) is 2.55. The molecule has 3 rings (SSSR count). The summed E-state index contributed by atoms with van der Waals surface area (Å²) in [6, 6.07) is 10.00. The first-order valence-corrected chi connectivity index (χ1v) is 6.04. The molecule has 92 valence electrons. The van der Waals surface area contributed by atoms with Crippen LogP contribution >= 0.6 is 0 Å². The predicted octanol–water partition coefficient (Wildman–Crippen LogP) is 1.67. The molecule has 1 amide bonds. The number of anilines is 1. The number of H-pyrrole nitrogens is 1. The lowest BCUT2D eigenvalue weighted by Crippen LogP contribution is -2.33. The zero-order chi connectivity index (χ0) is 12.5. The van der Waals surface area contributed by atoms with Crippen LogP contribution in [-0.2, 0) is 6.42 Å². The van der Waals surface area contributed by atoms with E-state index >= 15 is 0 Å². The van der Waals surface area contributed by atoms with Crippen molar-refractivity contribution >= 4 is 11.6 Å². The first kappa shape index (κ1) is 10.9. The highest BCUT2D eigenvalue weighted by atomic mass is 16.1. The van der Waals surface area contributed by atoms with Crippen molar-refractivity contribution < 1.29 is 4.79 Å². The summed E-state index contributed by atoms with van der Waals surface area (Å²) in [5.41, 5.74) is 9.39. The van der Waals surface area contributed by atoms with Crippen LogP contribution in [0.2, 0.25) is 0 Å². The van der Waals surface area contributed by atoms with Gasteiger partial charge in [0.25, 0.3) is 5.91 Å². The number of nitrogens with one attached hydrogen (secondary N) is 2. The van der Waals surface area contributed by atoms with Crippen molar-refractivity contribution in [3.8, 4) is 0 Å². The molecule has 1 aromatic carbocycles. The van der Waals surface area contributed by atoms with E-state index in [9.17, 15) is 4.79 Å². The van der Waals surface area contributed by atoms with Crippen LogP contribution in [0.4, 0.5) is 5.69 Å². The molecule has 1 aliphatic rings. The second-order valence-corrected chi connectivity index (χ2v) is 4.66. The molecular formula is C14H15N3O. The van der Waals surface area contributed by atoms with E-state index in [1.165, 1.54) is 11.1 Å². The molecule has 4 N–H and O–H groups in total. The van der Waals surface area contributed by atoms with Crippen LogP contribution < -0.4 is 11.1 Å². The van der Waals surface area contributed by atoms with Crippen LogP contribution in [0, 0.1) is 0 Å². The van der Waals surface area contributed by atoms with E-state index in [0.29, 0.717) is 23.8 Å². The number of benzene rings is 1. The number of fused-ring (bicyclic) bond motifs is 1. The summed E-state index contributed by atoms with van der Waals surface area (Å²) in [4.78, 5) is 14.7. The number of nitrogens with two attached hydrogens (primary N) is 1. The van der Waals surface area contributed by atoms with Gasteiger partial charge in [0.2, 0.25) is 0 Å². The molecule has 1 heterocycles. The van der Waals surface area contributed by atoms with Crippen molar-refractivity contribution in [2.24, 2.45) is 0 Å². The number of carbonyl (C=O) groups is 1. The summed E-state index contributed by atoms with van der Waals surface area (Å²) in [5.74, 6) is 0.341. The highest BCUT2D eigenvalue weighted by Crippen LogP contribution is 2.33. The van der Waals surface area contributed by atoms with Gasteiger partial charge >= 0.3 is 0 Å². The number of hydrogen-bond acceptors (Lipinski definition) is 2. The number of amides is 1. The molecular weight excluding hydrogens is 226 g/mol. The number of rotatable bonds is 3. The number of aromatic amines is 1. The fraction of sp³-hybridized carbons (Fsp3) is 0.214. The minimum atomic E-state index is -0.101. The van der Waals surface area contributed by atoms with Crippen LogP contribution in [0.1, 0.15) is 27.5 Å². The van der Waals surface area contributed by atoms with Crippen LogP contribution in [0.3, 0.4) is 0 Å². The lowest BCUT2D eigenvalue weighted by molar-refractivity contribution is 0.0945. The Bertz CT molecular complexity index is 588. The second kappa shape index (κ2) is 4.22. The minimum Gasteiger partial charge on any atom is -0.397 e. The van der Waals surface area contributed by atoms with Gasteiger partial charge in [0, 0.05) is 24.3 Å². The Labute approximate surface area is 105 Å². The zero-order valence-electron chi connectivity index (χ0n) is 9.94. The smallest absolute Gasteiger partial charge is 0.267 e. The molecule has 0 radical (unpaired) electrons. The van der Waals surface area contributed by atoms with Gasteiger partial charge < -0.3 is 16.0 Å². The zero-order valence-corrected chi connectivity index (χ0v) is 9.94. The Morgan fingerprint density at radius 1 is 1.44 bits per heavy atom. The highest BCUT2D eigenvalue weighted by Gasteiger charge is 2.25. The summed E-state index contributed by atoms with van der Waals surface area (Å²) in [6.45, 7) is 0.675. The molecule has 0 fully saturated rings. The van der Waals surface area contributed by atoms with E-state index < -0.39 is 0 Å². The standard InChI is InChI=1S/C14H15N3O/c15-11-6-13(16-8-11)14(18)17-7-10-5-9-3-1-2-4-12(9)10/h1-4,6,8,10,16H,5,7,15H2,(H,17,18). The molecule has 1 unspecified atom stereocenters. The molecule has 1 aromatic heterocycles. The third kappa shape index (κ3) is 1.86. The second-order valence-electron chi connectivity index (χ2n) is 4.66. The van der Waals surface area contributed by atoms with Crippen LogP contribution in [-0.4, -0.2) is 17.4 Å². The van der Waals surface area contributed by atoms with Gasteiger partial charge in [-0.2, -0.15) is 0 Å². The van der Waals surface area contributed by atoms with E-state index in [-0.39, 0.29) is 5.91 Å².